The van der Waals surface area contributed by atoms with Crippen molar-refractivity contribution >= 4 is 21.8 Å². The first-order chi connectivity index (χ1) is 7.58. The first-order valence-corrected chi connectivity index (χ1v) is 4.16. The predicted molar refractivity (Wildman–Crippen MR) is 51.2 cm³/mol. The van der Waals surface area contributed by atoms with Gasteiger partial charge in [-0.1, -0.05) is 0 Å². The molecule has 0 unspecified atom stereocenters. The Morgan fingerprint density at radius 1 is 0.750 bits per heavy atom. The van der Waals surface area contributed by atoms with Crippen LogP contribution in [0.4, 0.5) is 0 Å². The summed E-state index contributed by atoms with van der Waals surface area (Å²) in [5.74, 6) is 0. The molecule has 16 heavy (non-hydrogen) atoms. The van der Waals surface area contributed by atoms with Crippen LogP contribution in [0.1, 0.15) is 0 Å². The van der Waals surface area contributed by atoms with Gasteiger partial charge in [-0.25, -0.2) is 24.2 Å². The summed E-state index contributed by atoms with van der Waals surface area (Å²) in [7, 11) is 0. The molecule has 0 fully saturated rings. The van der Waals surface area contributed by atoms with Gasteiger partial charge in [-0.3, -0.25) is 0 Å². The molecule has 3 aromatic heterocycles. The van der Waals surface area contributed by atoms with E-state index in [-0.39, 0.29) is 21.8 Å². The number of furan rings is 2. The van der Waals surface area contributed by atoms with Crippen LogP contribution in [0.25, 0.3) is 21.8 Å². The standard InChI is InChI=1S/C9HNO6/c11-6-2-1-3-5(9(14)16-7(3)12)10-4(2)8(13)15-6/h1H. The van der Waals surface area contributed by atoms with Crippen LogP contribution in [-0.4, -0.2) is 4.98 Å². The van der Waals surface area contributed by atoms with E-state index in [0.717, 1.165) is 6.07 Å². The number of fused-ring (bicyclic) bond motifs is 2. The summed E-state index contributed by atoms with van der Waals surface area (Å²) in [6.45, 7) is 0. The van der Waals surface area contributed by atoms with Gasteiger partial charge in [0.2, 0.25) is 0 Å². The molecule has 0 aliphatic rings. The molecule has 3 heterocycles. The molecule has 0 aliphatic carbocycles. The van der Waals surface area contributed by atoms with Crippen LogP contribution >= 0.6 is 0 Å². The van der Waals surface area contributed by atoms with Crippen molar-refractivity contribution in [1.82, 2.24) is 4.98 Å². The van der Waals surface area contributed by atoms with Gasteiger partial charge in [0, 0.05) is 0 Å². The number of rotatable bonds is 0. The smallest absolute Gasteiger partial charge is 0.365 e. The number of pyridine rings is 1. The van der Waals surface area contributed by atoms with Gasteiger partial charge in [0.25, 0.3) is 0 Å². The minimum absolute atomic E-state index is 0.129. The highest BCUT2D eigenvalue weighted by molar-refractivity contribution is 5.90. The average Bonchev–Trinajstić information content (AvgIpc) is 2.67. The Morgan fingerprint density at radius 2 is 1.19 bits per heavy atom. The minimum atomic E-state index is -0.935. The van der Waals surface area contributed by atoms with Crippen molar-refractivity contribution in [2.45, 2.75) is 0 Å². The van der Waals surface area contributed by atoms with Crippen LogP contribution in [-0.2, 0) is 0 Å². The second-order valence-electron chi connectivity index (χ2n) is 3.13. The van der Waals surface area contributed by atoms with Crippen molar-refractivity contribution in [3.05, 3.63) is 47.7 Å². The predicted octanol–water partition coefficient (Wildman–Crippen LogP) is -1.11. The van der Waals surface area contributed by atoms with Crippen LogP contribution < -0.4 is 22.5 Å². The molecule has 0 spiro atoms. The Morgan fingerprint density at radius 3 is 1.62 bits per heavy atom. The van der Waals surface area contributed by atoms with Crippen molar-refractivity contribution in [3.63, 3.8) is 0 Å². The number of hydrogen-bond acceptors (Lipinski definition) is 7. The molecule has 3 rings (SSSR count). The van der Waals surface area contributed by atoms with Crippen LogP contribution in [0.5, 0.6) is 0 Å². The van der Waals surface area contributed by atoms with E-state index in [1.54, 1.807) is 0 Å². The SMILES string of the molecule is O=c1oc(=O)c2nc3c(=O)oc(=O)c3cc12. The molecular formula is C9HNO6. The third-order valence-corrected chi connectivity index (χ3v) is 2.22. The second kappa shape index (κ2) is 2.51. The lowest BCUT2D eigenvalue weighted by molar-refractivity contribution is 0.497. The zero-order chi connectivity index (χ0) is 11.4. The van der Waals surface area contributed by atoms with E-state index >= 15 is 0 Å². The van der Waals surface area contributed by atoms with Crippen molar-refractivity contribution in [2.24, 2.45) is 0 Å². The topological polar surface area (TPSA) is 107 Å². The fourth-order valence-corrected chi connectivity index (χ4v) is 1.51. The van der Waals surface area contributed by atoms with Crippen LogP contribution in [0, 0.1) is 0 Å². The van der Waals surface area contributed by atoms with Crippen LogP contribution in [0.15, 0.2) is 34.1 Å². The largest absolute Gasteiger partial charge is 0.384 e. The molecule has 7 nitrogen and oxygen atoms in total. The van der Waals surface area contributed by atoms with Gasteiger partial charge in [0.15, 0.2) is 11.0 Å². The first-order valence-electron chi connectivity index (χ1n) is 4.16. The lowest BCUT2D eigenvalue weighted by Crippen LogP contribution is -1.98. The zero-order valence-electron chi connectivity index (χ0n) is 7.47. The second-order valence-corrected chi connectivity index (χ2v) is 3.13. The summed E-state index contributed by atoms with van der Waals surface area (Å²) in [5.41, 5.74) is -4.18. The Bertz CT molecular complexity index is 774. The van der Waals surface area contributed by atoms with E-state index < -0.39 is 22.5 Å². The molecule has 0 aromatic carbocycles. The molecule has 0 saturated carbocycles. The summed E-state index contributed by atoms with van der Waals surface area (Å²) in [6.07, 6.45) is 0. The van der Waals surface area contributed by atoms with Crippen LogP contribution in [0.2, 0.25) is 0 Å². The lowest BCUT2D eigenvalue weighted by Gasteiger charge is -1.83. The third kappa shape index (κ3) is 0.888. The zero-order valence-corrected chi connectivity index (χ0v) is 7.47. The molecule has 0 N–H and O–H groups in total. The molecular weight excluding hydrogens is 218 g/mol. The van der Waals surface area contributed by atoms with E-state index in [9.17, 15) is 19.2 Å². The Labute approximate surface area is 84.2 Å². The molecule has 7 heteroatoms. The monoisotopic (exact) mass is 219 g/mol. The number of hydrogen-bond donors (Lipinski definition) is 0. The fourth-order valence-electron chi connectivity index (χ4n) is 1.51. The highest BCUT2D eigenvalue weighted by Crippen LogP contribution is 2.09. The van der Waals surface area contributed by atoms with Crippen molar-refractivity contribution in [1.29, 1.82) is 0 Å². The third-order valence-electron chi connectivity index (χ3n) is 2.22. The first kappa shape index (κ1) is 8.72. The summed E-state index contributed by atoms with van der Waals surface area (Å²) >= 11 is 0. The molecule has 78 valence electrons. The molecule has 0 saturated heterocycles. The van der Waals surface area contributed by atoms with Gasteiger partial charge in [-0.2, -0.15) is 0 Å². The fraction of sp³-hybridized carbons (Fsp3) is 0. The van der Waals surface area contributed by atoms with E-state index in [0.29, 0.717) is 0 Å². The maximum atomic E-state index is 11.1. The number of aromatic nitrogens is 1. The summed E-state index contributed by atoms with van der Waals surface area (Å²) in [6, 6.07) is 1.08. The summed E-state index contributed by atoms with van der Waals surface area (Å²) in [4.78, 5) is 48.1. The highest BCUT2D eigenvalue weighted by Gasteiger charge is 2.17. The lowest BCUT2D eigenvalue weighted by atomic mass is 10.2. The van der Waals surface area contributed by atoms with Gasteiger partial charge in [-0.05, 0) is 6.07 Å². The van der Waals surface area contributed by atoms with Crippen LogP contribution in [0.3, 0.4) is 0 Å². The highest BCUT2D eigenvalue weighted by atomic mass is 16.4. The minimum Gasteiger partial charge on any atom is -0.384 e. The maximum Gasteiger partial charge on any atom is 0.365 e. The summed E-state index contributed by atoms with van der Waals surface area (Å²) in [5, 5.41) is -0.259. The molecule has 0 bridgehead atoms. The molecule has 0 atom stereocenters. The van der Waals surface area contributed by atoms with E-state index in [1.165, 1.54) is 0 Å². The van der Waals surface area contributed by atoms with Gasteiger partial charge in [0.1, 0.15) is 0 Å². The van der Waals surface area contributed by atoms with Gasteiger partial charge in [0.05, 0.1) is 10.8 Å². The maximum absolute atomic E-state index is 11.1. The van der Waals surface area contributed by atoms with Crippen molar-refractivity contribution < 1.29 is 8.83 Å². The average molecular weight is 219 g/mol. The Hall–Kier alpha value is -2.57. The molecule has 0 radical (unpaired) electrons. The molecule has 0 aliphatic heterocycles. The van der Waals surface area contributed by atoms with Crippen molar-refractivity contribution in [3.8, 4) is 0 Å². The van der Waals surface area contributed by atoms with Crippen molar-refractivity contribution in [2.75, 3.05) is 0 Å². The van der Waals surface area contributed by atoms with E-state index in [4.69, 9.17) is 0 Å². The Balaban J connectivity index is 2.80. The molecule has 0 amide bonds. The van der Waals surface area contributed by atoms with Gasteiger partial charge in [-0.15, -0.1) is 0 Å². The van der Waals surface area contributed by atoms with Gasteiger partial charge < -0.3 is 8.83 Å². The van der Waals surface area contributed by atoms with Gasteiger partial charge >= 0.3 is 22.5 Å². The Kier molecular flexibility index (Phi) is 1.37. The normalized spacial score (nSPS) is 11.5. The summed E-state index contributed by atoms with van der Waals surface area (Å²) < 4.78 is 8.55. The van der Waals surface area contributed by atoms with E-state index in [2.05, 4.69) is 13.8 Å². The molecule has 3 aromatic rings. The number of nitrogens with zero attached hydrogens (tertiary/aromatic N) is 1. The quantitative estimate of drug-likeness (QED) is 0.471. The van der Waals surface area contributed by atoms with E-state index in [1.807, 2.05) is 0 Å².